The average Bonchev–Trinajstić information content (AvgIpc) is 2.55. The lowest BCUT2D eigenvalue weighted by Gasteiger charge is -1.99. The van der Waals surface area contributed by atoms with Crippen LogP contribution in [0.25, 0.3) is 10.9 Å². The van der Waals surface area contributed by atoms with Crippen LogP contribution in [-0.2, 0) is 4.79 Å². The molecule has 0 radical (unpaired) electrons. The van der Waals surface area contributed by atoms with Crippen LogP contribution in [0.2, 0.25) is 0 Å². The number of benzene rings is 1. The normalized spacial score (nSPS) is 10.8. The Bertz CT molecular complexity index is 519. The fourth-order valence-corrected chi connectivity index (χ4v) is 2.76. The van der Waals surface area contributed by atoms with Gasteiger partial charge >= 0.3 is 5.97 Å². The van der Waals surface area contributed by atoms with Crippen molar-refractivity contribution in [3.8, 4) is 0 Å². The topological polar surface area (TPSA) is 53.1 Å². The van der Waals surface area contributed by atoms with Gasteiger partial charge in [0.1, 0.15) is 0 Å². The highest BCUT2D eigenvalue weighted by molar-refractivity contribution is 7.99. The Hall–Kier alpha value is -1.42. The first-order valence-corrected chi connectivity index (χ1v) is 6.09. The third kappa shape index (κ3) is 2.22. The van der Waals surface area contributed by atoms with Crippen molar-refractivity contribution < 1.29 is 9.90 Å². The monoisotopic (exact) mass is 235 g/mol. The third-order valence-corrected chi connectivity index (χ3v) is 3.62. The van der Waals surface area contributed by atoms with Crippen LogP contribution in [0.1, 0.15) is 12.1 Å². The molecule has 2 rings (SSSR count). The number of thioether (sulfide) groups is 1. The lowest BCUT2D eigenvalue weighted by Crippen LogP contribution is -1.95. The highest BCUT2D eigenvalue weighted by Crippen LogP contribution is 2.31. The molecule has 0 unspecified atom stereocenters. The molecule has 0 amide bonds. The number of rotatable bonds is 4. The minimum absolute atomic E-state index is 0.198. The van der Waals surface area contributed by atoms with E-state index in [2.05, 4.69) is 11.1 Å². The van der Waals surface area contributed by atoms with Crippen LogP contribution in [0, 0.1) is 6.92 Å². The fourth-order valence-electron chi connectivity index (χ4n) is 1.68. The van der Waals surface area contributed by atoms with Crippen molar-refractivity contribution in [1.29, 1.82) is 0 Å². The second kappa shape index (κ2) is 4.61. The van der Waals surface area contributed by atoms with Gasteiger partial charge in [0.2, 0.25) is 0 Å². The van der Waals surface area contributed by atoms with Gasteiger partial charge in [-0.05, 0) is 13.0 Å². The maximum Gasteiger partial charge on any atom is 0.304 e. The molecule has 0 saturated heterocycles. The number of hydrogen-bond acceptors (Lipinski definition) is 2. The number of carboxylic acid groups (broad SMARTS) is 1. The number of carbonyl (C=O) groups is 1. The Morgan fingerprint density at radius 1 is 1.44 bits per heavy atom. The molecule has 1 aromatic carbocycles. The predicted octanol–water partition coefficient (Wildman–Crippen LogP) is 3.04. The standard InChI is InChI=1S/C12H13NO2S/c1-8-12(16-7-6-11(14)15)9-4-2-3-5-10(9)13-8/h2-5,13H,6-7H2,1H3,(H,14,15). The summed E-state index contributed by atoms with van der Waals surface area (Å²) in [5.41, 5.74) is 2.22. The number of para-hydroxylation sites is 1. The van der Waals surface area contributed by atoms with Gasteiger partial charge in [0.05, 0.1) is 6.42 Å². The molecule has 0 spiro atoms. The zero-order valence-corrected chi connectivity index (χ0v) is 9.80. The molecule has 3 nitrogen and oxygen atoms in total. The molecule has 0 aliphatic carbocycles. The summed E-state index contributed by atoms with van der Waals surface area (Å²) in [6, 6.07) is 8.08. The number of aliphatic carboxylic acids is 1. The molecular weight excluding hydrogens is 222 g/mol. The van der Waals surface area contributed by atoms with Crippen molar-refractivity contribution in [1.82, 2.24) is 4.98 Å². The molecule has 0 aliphatic rings. The van der Waals surface area contributed by atoms with Gasteiger partial charge in [0.25, 0.3) is 0 Å². The van der Waals surface area contributed by atoms with Crippen molar-refractivity contribution in [2.75, 3.05) is 5.75 Å². The number of fused-ring (bicyclic) bond motifs is 1. The van der Waals surface area contributed by atoms with Crippen molar-refractivity contribution >= 4 is 28.6 Å². The van der Waals surface area contributed by atoms with E-state index >= 15 is 0 Å². The Kier molecular flexibility index (Phi) is 3.19. The number of aromatic nitrogens is 1. The quantitative estimate of drug-likeness (QED) is 0.801. The summed E-state index contributed by atoms with van der Waals surface area (Å²) >= 11 is 1.60. The SMILES string of the molecule is Cc1[nH]c2ccccc2c1SCCC(=O)O. The molecule has 0 fully saturated rings. The van der Waals surface area contributed by atoms with Gasteiger partial charge in [-0.1, -0.05) is 18.2 Å². The molecule has 0 saturated carbocycles. The lowest BCUT2D eigenvalue weighted by molar-refractivity contribution is -0.136. The molecular formula is C12H13NO2S. The first kappa shape index (κ1) is 11.1. The second-order valence-electron chi connectivity index (χ2n) is 3.62. The molecule has 1 aromatic heterocycles. The molecule has 16 heavy (non-hydrogen) atoms. The van der Waals surface area contributed by atoms with Crippen molar-refractivity contribution in [2.45, 2.75) is 18.2 Å². The van der Waals surface area contributed by atoms with Gasteiger partial charge < -0.3 is 10.1 Å². The van der Waals surface area contributed by atoms with E-state index in [1.54, 1.807) is 11.8 Å². The smallest absolute Gasteiger partial charge is 0.304 e. The largest absolute Gasteiger partial charge is 0.481 e. The Morgan fingerprint density at radius 3 is 2.94 bits per heavy atom. The number of carboxylic acids is 1. The molecule has 0 bridgehead atoms. The van der Waals surface area contributed by atoms with E-state index in [-0.39, 0.29) is 6.42 Å². The van der Waals surface area contributed by atoms with Crippen LogP contribution in [0.15, 0.2) is 29.2 Å². The minimum Gasteiger partial charge on any atom is -0.481 e. The lowest BCUT2D eigenvalue weighted by atomic mass is 10.2. The number of aryl methyl sites for hydroxylation is 1. The first-order chi connectivity index (χ1) is 7.68. The maximum absolute atomic E-state index is 10.5. The Balaban J connectivity index is 2.22. The molecule has 84 valence electrons. The average molecular weight is 235 g/mol. The van der Waals surface area contributed by atoms with E-state index < -0.39 is 5.97 Å². The summed E-state index contributed by atoms with van der Waals surface area (Å²) in [5, 5.41) is 9.78. The number of nitrogens with one attached hydrogen (secondary N) is 1. The van der Waals surface area contributed by atoms with Gasteiger partial charge in [-0.15, -0.1) is 11.8 Å². The first-order valence-electron chi connectivity index (χ1n) is 5.10. The highest BCUT2D eigenvalue weighted by atomic mass is 32.2. The van der Waals surface area contributed by atoms with Gasteiger partial charge in [0, 0.05) is 27.2 Å². The van der Waals surface area contributed by atoms with Crippen molar-refractivity contribution in [3.63, 3.8) is 0 Å². The van der Waals surface area contributed by atoms with Crippen LogP contribution in [0.4, 0.5) is 0 Å². The van der Waals surface area contributed by atoms with Gasteiger partial charge in [-0.2, -0.15) is 0 Å². The van der Waals surface area contributed by atoms with E-state index in [1.807, 2.05) is 25.1 Å². The van der Waals surface area contributed by atoms with E-state index in [0.717, 1.165) is 16.1 Å². The Morgan fingerprint density at radius 2 is 2.19 bits per heavy atom. The number of aromatic amines is 1. The molecule has 4 heteroatoms. The highest BCUT2D eigenvalue weighted by Gasteiger charge is 2.08. The Labute approximate surface area is 97.9 Å². The van der Waals surface area contributed by atoms with Crippen LogP contribution < -0.4 is 0 Å². The van der Waals surface area contributed by atoms with Crippen LogP contribution >= 0.6 is 11.8 Å². The van der Waals surface area contributed by atoms with Crippen LogP contribution in [0.3, 0.4) is 0 Å². The van der Waals surface area contributed by atoms with Crippen LogP contribution in [0.5, 0.6) is 0 Å². The summed E-state index contributed by atoms with van der Waals surface area (Å²) in [6.45, 7) is 2.02. The third-order valence-electron chi connectivity index (χ3n) is 2.40. The van der Waals surface area contributed by atoms with Crippen molar-refractivity contribution in [2.24, 2.45) is 0 Å². The predicted molar refractivity (Wildman–Crippen MR) is 66.0 cm³/mol. The van der Waals surface area contributed by atoms with E-state index in [0.29, 0.717) is 5.75 Å². The second-order valence-corrected chi connectivity index (χ2v) is 4.72. The molecule has 1 heterocycles. The van der Waals surface area contributed by atoms with E-state index in [4.69, 9.17) is 5.11 Å². The maximum atomic E-state index is 10.5. The summed E-state index contributed by atoms with van der Waals surface area (Å²) in [5.74, 6) is -0.136. The van der Waals surface area contributed by atoms with E-state index in [1.165, 1.54) is 5.39 Å². The molecule has 2 N–H and O–H groups in total. The number of H-pyrrole nitrogens is 1. The van der Waals surface area contributed by atoms with Gasteiger partial charge in [-0.3, -0.25) is 4.79 Å². The zero-order valence-electron chi connectivity index (χ0n) is 8.99. The fraction of sp³-hybridized carbons (Fsp3) is 0.250. The minimum atomic E-state index is -0.745. The zero-order chi connectivity index (χ0) is 11.5. The van der Waals surface area contributed by atoms with Gasteiger partial charge in [-0.25, -0.2) is 0 Å². The molecule has 0 aliphatic heterocycles. The summed E-state index contributed by atoms with van der Waals surface area (Å²) in [4.78, 5) is 14.9. The summed E-state index contributed by atoms with van der Waals surface area (Å²) in [7, 11) is 0. The molecule has 2 aromatic rings. The summed E-state index contributed by atoms with van der Waals surface area (Å²) in [6.07, 6.45) is 0.198. The van der Waals surface area contributed by atoms with E-state index in [9.17, 15) is 4.79 Å². The molecule has 0 atom stereocenters. The summed E-state index contributed by atoms with van der Waals surface area (Å²) < 4.78 is 0. The number of hydrogen-bond donors (Lipinski definition) is 2. The van der Waals surface area contributed by atoms with Gasteiger partial charge in [0.15, 0.2) is 0 Å². The van der Waals surface area contributed by atoms with Crippen LogP contribution in [-0.4, -0.2) is 21.8 Å². The van der Waals surface area contributed by atoms with Crippen molar-refractivity contribution in [3.05, 3.63) is 30.0 Å².